The van der Waals surface area contributed by atoms with Crippen LogP contribution in [-0.2, 0) is 28.2 Å². The van der Waals surface area contributed by atoms with E-state index in [0.717, 1.165) is 44.6 Å². The van der Waals surface area contributed by atoms with Crippen LogP contribution in [0.3, 0.4) is 0 Å². The Morgan fingerprint density at radius 1 is 0.477 bits per heavy atom. The van der Waals surface area contributed by atoms with Crippen molar-refractivity contribution in [3.8, 4) is 0 Å². The molecule has 0 bridgehead atoms. The highest BCUT2D eigenvalue weighted by Crippen LogP contribution is 2.55. The fraction of sp³-hybridized carbons (Fsp3) is 0.344. The monoisotopic (exact) mass is 865 g/mol. The molecule has 1 aliphatic carbocycles. The molecule has 2 aromatic heterocycles. The molecule has 334 valence electrons. The number of fused-ring (bicyclic) bond motifs is 6. The second-order valence-electron chi connectivity index (χ2n) is 23.2. The summed E-state index contributed by atoms with van der Waals surface area (Å²) >= 11 is 0. The van der Waals surface area contributed by atoms with Gasteiger partial charge in [0, 0.05) is 50.6 Å². The van der Waals surface area contributed by atoms with Gasteiger partial charge in [0.1, 0.15) is 11.6 Å². The van der Waals surface area contributed by atoms with Gasteiger partial charge in [-0.05, 0) is 146 Å². The van der Waals surface area contributed by atoms with Gasteiger partial charge < -0.3 is 9.13 Å². The van der Waals surface area contributed by atoms with Gasteiger partial charge in [0.15, 0.2) is 0 Å². The van der Waals surface area contributed by atoms with Crippen LogP contribution in [0.2, 0.25) is 0 Å². The van der Waals surface area contributed by atoms with Crippen molar-refractivity contribution in [2.45, 2.75) is 125 Å². The number of benzene rings is 6. The van der Waals surface area contributed by atoms with Gasteiger partial charge in [0.25, 0.3) is 0 Å². The van der Waals surface area contributed by atoms with E-state index in [1.165, 1.54) is 67.0 Å². The minimum atomic E-state index is -0.285. The highest BCUT2D eigenvalue weighted by atomic mass is 19.1. The molecular formula is C61H66F2N2. The van der Waals surface area contributed by atoms with Crippen molar-refractivity contribution in [1.82, 2.24) is 9.13 Å². The molecule has 2 atom stereocenters. The first kappa shape index (κ1) is 44.5. The molecule has 2 heterocycles. The van der Waals surface area contributed by atoms with Crippen molar-refractivity contribution in [3.63, 3.8) is 0 Å². The van der Waals surface area contributed by atoms with Crippen molar-refractivity contribution in [2.75, 3.05) is 0 Å². The zero-order chi connectivity index (χ0) is 46.7. The summed E-state index contributed by atoms with van der Waals surface area (Å²) in [4.78, 5) is 0. The molecule has 6 aromatic carbocycles. The molecule has 0 aliphatic heterocycles. The first-order valence-electron chi connectivity index (χ1n) is 23.6. The molecule has 8 aromatic rings. The predicted octanol–water partition coefficient (Wildman–Crippen LogP) is 17.2. The number of aromatic nitrogens is 2. The van der Waals surface area contributed by atoms with Crippen LogP contribution < -0.4 is 0 Å². The van der Waals surface area contributed by atoms with Gasteiger partial charge in [0.2, 0.25) is 0 Å². The molecule has 2 nitrogen and oxygen atoms in total. The third-order valence-corrected chi connectivity index (χ3v) is 14.3. The quantitative estimate of drug-likeness (QED) is 0.158. The van der Waals surface area contributed by atoms with Gasteiger partial charge in [0.05, 0.1) is 16.7 Å². The molecule has 1 aliphatic rings. The molecule has 0 N–H and O–H groups in total. The molecule has 4 heteroatoms. The van der Waals surface area contributed by atoms with Gasteiger partial charge >= 0.3 is 0 Å². The summed E-state index contributed by atoms with van der Waals surface area (Å²) in [6.07, 6.45) is 0. The standard InChI is InChI=1S/C61H66F2N2/c1-36(35-64-50-25-21-40(58(3,4)5)31-46(50)47-32-41(59(6,7)8)22-26-51(47)64)54-37(2)55(38-17-15-19-44(62)29-38)57(56(54)39-18-16-20-45(63)30-39)65-52-27-23-42(60(9,10)11)33-48(52)49-34-43(61(12,13)14)24-28-53(49)65/h15-34,36,54H,35H2,1-14H3/t36-,54+/m0/s1. The van der Waals surface area contributed by atoms with E-state index in [9.17, 15) is 0 Å². The molecule has 0 radical (unpaired) electrons. The predicted molar refractivity (Wildman–Crippen MR) is 275 cm³/mol. The van der Waals surface area contributed by atoms with Crippen molar-refractivity contribution in [1.29, 1.82) is 0 Å². The van der Waals surface area contributed by atoms with E-state index < -0.39 is 0 Å². The lowest BCUT2D eigenvalue weighted by Gasteiger charge is -2.27. The Hall–Kier alpha value is -5.74. The first-order chi connectivity index (χ1) is 30.4. The molecule has 0 fully saturated rings. The number of hydrogen-bond donors (Lipinski definition) is 0. The molecule has 9 rings (SSSR count). The fourth-order valence-corrected chi connectivity index (χ4v) is 10.6. The Morgan fingerprint density at radius 3 is 1.25 bits per heavy atom. The Morgan fingerprint density at radius 2 is 0.846 bits per heavy atom. The molecule has 0 spiro atoms. The van der Waals surface area contributed by atoms with Gasteiger partial charge in [-0.2, -0.15) is 0 Å². The second-order valence-corrected chi connectivity index (χ2v) is 23.2. The molecule has 0 saturated carbocycles. The Labute approximate surface area is 385 Å². The van der Waals surface area contributed by atoms with Crippen LogP contribution in [0.5, 0.6) is 0 Å². The van der Waals surface area contributed by atoms with Crippen LogP contribution >= 0.6 is 0 Å². The van der Waals surface area contributed by atoms with Crippen LogP contribution in [-0.4, -0.2) is 9.13 Å². The Kier molecular flexibility index (Phi) is 10.6. The summed E-state index contributed by atoms with van der Waals surface area (Å²) in [5, 5.41) is 4.88. The third kappa shape index (κ3) is 7.75. The van der Waals surface area contributed by atoms with E-state index in [1.807, 2.05) is 18.2 Å². The summed E-state index contributed by atoms with van der Waals surface area (Å²) in [6, 6.07) is 42.0. The maximum absolute atomic E-state index is 15.8. The van der Waals surface area contributed by atoms with E-state index in [4.69, 9.17) is 0 Å². The Balaban J connectivity index is 1.36. The minimum absolute atomic E-state index is 0.00685. The zero-order valence-electron chi connectivity index (χ0n) is 41.1. The van der Waals surface area contributed by atoms with Crippen molar-refractivity contribution in [3.05, 3.63) is 172 Å². The fourth-order valence-electron chi connectivity index (χ4n) is 10.6. The zero-order valence-corrected chi connectivity index (χ0v) is 41.1. The van der Waals surface area contributed by atoms with Crippen molar-refractivity contribution in [2.24, 2.45) is 11.8 Å². The van der Waals surface area contributed by atoms with Crippen LogP contribution in [0.15, 0.2) is 127 Å². The SMILES string of the molecule is CC1=C(c2cccc(F)c2)C(n2c3ccc(C(C)(C)C)cc3c3cc(C(C)(C)C)ccc32)=C(c2cccc(F)c2)[C@@H]1[C@@H](C)Cn1c2ccc(C(C)(C)C)cc2c2cc(C(C)(C)C)ccc21. The van der Waals surface area contributed by atoms with Crippen LogP contribution in [0.4, 0.5) is 8.78 Å². The van der Waals surface area contributed by atoms with E-state index in [-0.39, 0.29) is 45.1 Å². The summed E-state index contributed by atoms with van der Waals surface area (Å²) < 4.78 is 36.4. The molecule has 0 unspecified atom stereocenters. The maximum atomic E-state index is 15.8. The molecule has 0 amide bonds. The maximum Gasteiger partial charge on any atom is 0.123 e. The first-order valence-corrected chi connectivity index (χ1v) is 23.6. The Bertz CT molecular complexity index is 3120. The van der Waals surface area contributed by atoms with Gasteiger partial charge in [-0.3, -0.25) is 0 Å². The average molecular weight is 865 g/mol. The van der Waals surface area contributed by atoms with Crippen LogP contribution in [0.25, 0.3) is 60.5 Å². The van der Waals surface area contributed by atoms with E-state index in [1.54, 1.807) is 12.1 Å². The lowest BCUT2D eigenvalue weighted by Crippen LogP contribution is -2.19. The van der Waals surface area contributed by atoms with E-state index in [2.05, 4.69) is 185 Å². The summed E-state index contributed by atoms with van der Waals surface area (Å²) in [7, 11) is 0. The number of hydrogen-bond acceptors (Lipinski definition) is 0. The van der Waals surface area contributed by atoms with E-state index in [0.29, 0.717) is 6.54 Å². The second kappa shape index (κ2) is 15.4. The van der Waals surface area contributed by atoms with Crippen LogP contribution in [0, 0.1) is 23.5 Å². The average Bonchev–Trinajstić information content (AvgIpc) is 3.83. The summed E-state index contributed by atoms with van der Waals surface area (Å²) in [5.41, 5.74) is 15.4. The van der Waals surface area contributed by atoms with Crippen molar-refractivity contribution >= 4 is 60.5 Å². The largest absolute Gasteiger partial charge is 0.340 e. The van der Waals surface area contributed by atoms with Crippen molar-refractivity contribution < 1.29 is 8.78 Å². The number of rotatable bonds is 6. The minimum Gasteiger partial charge on any atom is -0.340 e. The van der Waals surface area contributed by atoms with Crippen LogP contribution in [0.1, 0.15) is 130 Å². The van der Waals surface area contributed by atoms with E-state index >= 15 is 8.78 Å². The normalized spacial score (nSPS) is 16.0. The molecule has 0 saturated heterocycles. The number of halogens is 2. The lowest BCUT2D eigenvalue weighted by molar-refractivity contribution is 0.434. The lowest BCUT2D eigenvalue weighted by atomic mass is 9.81. The summed E-state index contributed by atoms with van der Waals surface area (Å²) in [6.45, 7) is 32.6. The van der Waals surface area contributed by atoms with Gasteiger partial charge in [-0.1, -0.05) is 144 Å². The summed E-state index contributed by atoms with van der Waals surface area (Å²) in [5.74, 6) is -0.676. The van der Waals surface area contributed by atoms with Gasteiger partial charge in [-0.25, -0.2) is 8.78 Å². The highest BCUT2D eigenvalue weighted by molar-refractivity contribution is 6.21. The smallest absolute Gasteiger partial charge is 0.123 e. The topological polar surface area (TPSA) is 9.86 Å². The molecule has 65 heavy (non-hydrogen) atoms. The third-order valence-electron chi connectivity index (χ3n) is 14.3. The molecular weight excluding hydrogens is 799 g/mol. The number of allylic oxidation sites excluding steroid dienone is 4. The number of nitrogens with zero attached hydrogens (tertiary/aromatic N) is 2. The van der Waals surface area contributed by atoms with Gasteiger partial charge in [-0.15, -0.1) is 0 Å². The highest BCUT2D eigenvalue weighted by Gasteiger charge is 2.39.